The van der Waals surface area contributed by atoms with E-state index in [1.807, 2.05) is 30.3 Å². The lowest BCUT2D eigenvalue weighted by atomic mass is 9.94. The molecule has 5 nitrogen and oxygen atoms in total. The van der Waals surface area contributed by atoms with Gasteiger partial charge in [0.1, 0.15) is 12.1 Å². The number of aromatic hydroxyl groups is 1. The summed E-state index contributed by atoms with van der Waals surface area (Å²) in [6, 6.07) is 13.7. The number of aryl methyl sites for hydroxylation is 1. The Morgan fingerprint density at radius 1 is 1.25 bits per heavy atom. The number of thiazole rings is 1. The minimum Gasteiger partial charge on any atom is -0.477 e. The molecule has 0 amide bonds. The molecular weight excluding hydrogens is 394 g/mol. The molecule has 7 heteroatoms. The van der Waals surface area contributed by atoms with Crippen LogP contribution in [0.25, 0.3) is 5.65 Å². The number of halogens is 1. The van der Waals surface area contributed by atoms with Crippen molar-refractivity contribution in [2.24, 2.45) is 0 Å². The largest absolute Gasteiger partial charge is 0.477 e. The van der Waals surface area contributed by atoms with Gasteiger partial charge in [0.25, 0.3) is 11.5 Å². The fourth-order valence-corrected chi connectivity index (χ4v) is 5.10. The molecule has 1 aliphatic rings. The average Bonchev–Trinajstić information content (AvgIpc) is 3.32. The number of hydrogen-bond donors (Lipinski definition) is 1. The second-order valence-corrected chi connectivity index (χ2v) is 8.62. The number of aromatic nitrogens is 3. The van der Waals surface area contributed by atoms with Gasteiger partial charge in [0.05, 0.1) is 11.1 Å². The van der Waals surface area contributed by atoms with Crippen LogP contribution in [0.4, 0.5) is 0 Å². The Balaban J connectivity index is 1.75. The molecule has 0 saturated heterocycles. The van der Waals surface area contributed by atoms with Crippen molar-refractivity contribution in [1.82, 2.24) is 9.55 Å². The van der Waals surface area contributed by atoms with Crippen LogP contribution in [-0.4, -0.2) is 14.7 Å². The standard InChI is InChI=1S/C21H16ClN3O2S/c22-21-23-11-14(28-21)12-25-17-7-3-4-10-24(17)19(26)18(20(25)27)16-9-8-13-5-1-2-6-15(13)16/h1-7,10-11,16H,8-9,12H2/p+1. The Morgan fingerprint density at radius 3 is 2.89 bits per heavy atom. The predicted molar refractivity (Wildman–Crippen MR) is 108 cm³/mol. The van der Waals surface area contributed by atoms with Crippen molar-refractivity contribution in [2.75, 3.05) is 0 Å². The molecule has 28 heavy (non-hydrogen) atoms. The van der Waals surface area contributed by atoms with Crippen molar-refractivity contribution in [1.29, 1.82) is 0 Å². The molecule has 3 aromatic heterocycles. The van der Waals surface area contributed by atoms with Crippen molar-refractivity contribution >= 4 is 28.6 Å². The summed E-state index contributed by atoms with van der Waals surface area (Å²) in [7, 11) is 0. The topological polar surface area (TPSA) is 59.2 Å². The van der Waals surface area contributed by atoms with E-state index in [4.69, 9.17) is 11.6 Å². The Labute approximate surface area is 170 Å². The van der Waals surface area contributed by atoms with Crippen molar-refractivity contribution in [3.63, 3.8) is 0 Å². The summed E-state index contributed by atoms with van der Waals surface area (Å²) in [5.74, 6) is -0.0977. The first kappa shape index (κ1) is 17.4. The van der Waals surface area contributed by atoms with Crippen LogP contribution < -0.4 is 9.96 Å². The highest BCUT2D eigenvalue weighted by Gasteiger charge is 2.34. The third kappa shape index (κ3) is 2.72. The predicted octanol–water partition coefficient (Wildman–Crippen LogP) is 3.53. The Morgan fingerprint density at radius 2 is 2.07 bits per heavy atom. The monoisotopic (exact) mass is 410 g/mol. The van der Waals surface area contributed by atoms with E-state index in [0.717, 1.165) is 23.3 Å². The number of rotatable bonds is 3. The smallest absolute Gasteiger partial charge is 0.350 e. The van der Waals surface area contributed by atoms with Gasteiger partial charge in [-0.05, 0) is 30.0 Å². The second-order valence-electron chi connectivity index (χ2n) is 6.93. The molecule has 0 bridgehead atoms. The van der Waals surface area contributed by atoms with Crippen LogP contribution in [0.15, 0.2) is 59.7 Å². The fraction of sp³-hybridized carbons (Fsp3) is 0.190. The Bertz CT molecular complexity index is 1260. The van der Waals surface area contributed by atoms with Crippen LogP contribution in [0.2, 0.25) is 4.47 Å². The van der Waals surface area contributed by atoms with Gasteiger partial charge in [-0.3, -0.25) is 0 Å². The van der Waals surface area contributed by atoms with Gasteiger partial charge in [0, 0.05) is 18.2 Å². The van der Waals surface area contributed by atoms with Gasteiger partial charge in [-0.15, -0.1) is 11.3 Å². The van der Waals surface area contributed by atoms with Gasteiger partial charge in [0.15, 0.2) is 4.47 Å². The molecule has 1 aliphatic carbocycles. The number of benzene rings is 1. The zero-order valence-electron chi connectivity index (χ0n) is 14.9. The highest BCUT2D eigenvalue weighted by Crippen LogP contribution is 2.39. The number of pyridine rings is 1. The minimum absolute atomic E-state index is 0.0161. The van der Waals surface area contributed by atoms with Gasteiger partial charge in [-0.25, -0.2) is 9.78 Å². The van der Waals surface area contributed by atoms with Crippen LogP contribution in [-0.2, 0) is 13.0 Å². The van der Waals surface area contributed by atoms with Crippen LogP contribution in [0.5, 0.6) is 5.88 Å². The summed E-state index contributed by atoms with van der Waals surface area (Å²) in [5.41, 5.74) is 3.27. The van der Waals surface area contributed by atoms with Crippen molar-refractivity contribution < 1.29 is 9.51 Å². The maximum absolute atomic E-state index is 13.3. The van der Waals surface area contributed by atoms with Crippen LogP contribution >= 0.6 is 22.9 Å². The zero-order valence-corrected chi connectivity index (χ0v) is 16.5. The third-order valence-electron chi connectivity index (χ3n) is 5.38. The summed E-state index contributed by atoms with van der Waals surface area (Å²) in [6.45, 7) is 0.394. The van der Waals surface area contributed by atoms with E-state index in [2.05, 4.69) is 17.1 Å². The molecule has 0 saturated carbocycles. The average molecular weight is 411 g/mol. The molecular formula is C21H17ClN3O2S+. The summed E-state index contributed by atoms with van der Waals surface area (Å²) in [4.78, 5) is 18.3. The van der Waals surface area contributed by atoms with Gasteiger partial charge in [-0.1, -0.05) is 41.9 Å². The van der Waals surface area contributed by atoms with E-state index in [-0.39, 0.29) is 17.4 Å². The number of nitrogens with zero attached hydrogens (tertiary/aromatic N) is 3. The zero-order chi connectivity index (χ0) is 19.3. The molecule has 1 N–H and O–H groups in total. The van der Waals surface area contributed by atoms with Gasteiger partial charge < -0.3 is 5.11 Å². The van der Waals surface area contributed by atoms with Crippen molar-refractivity contribution in [3.05, 3.63) is 91.2 Å². The maximum atomic E-state index is 13.3. The maximum Gasteiger partial charge on any atom is 0.350 e. The molecule has 0 fully saturated rings. The molecule has 1 unspecified atom stereocenters. The number of fused-ring (bicyclic) bond motifs is 2. The first-order chi connectivity index (χ1) is 13.6. The number of hydrogen-bond acceptors (Lipinski definition) is 4. The highest BCUT2D eigenvalue weighted by atomic mass is 35.5. The molecule has 1 atom stereocenters. The van der Waals surface area contributed by atoms with Crippen LogP contribution in [0.3, 0.4) is 0 Å². The van der Waals surface area contributed by atoms with E-state index in [9.17, 15) is 9.90 Å². The summed E-state index contributed by atoms with van der Waals surface area (Å²) >= 11 is 7.35. The molecule has 3 heterocycles. The first-order valence-electron chi connectivity index (χ1n) is 9.07. The molecule has 0 spiro atoms. The van der Waals surface area contributed by atoms with Crippen LogP contribution in [0.1, 0.15) is 33.9 Å². The van der Waals surface area contributed by atoms with Gasteiger partial charge in [-0.2, -0.15) is 8.97 Å². The van der Waals surface area contributed by atoms with Crippen LogP contribution in [0, 0.1) is 0 Å². The quantitative estimate of drug-likeness (QED) is 0.525. The molecule has 5 rings (SSSR count). The third-order valence-corrected chi connectivity index (χ3v) is 6.48. The molecule has 1 aromatic carbocycles. The SMILES string of the molecule is O=c1c(C2CCc3ccccc32)c(O)n(Cc2cnc(Cl)s2)c2cccc[n+]12. The van der Waals surface area contributed by atoms with Crippen molar-refractivity contribution in [3.8, 4) is 5.88 Å². The van der Waals surface area contributed by atoms with E-state index in [1.54, 1.807) is 21.4 Å². The van der Waals surface area contributed by atoms with E-state index in [0.29, 0.717) is 22.2 Å². The lowest BCUT2D eigenvalue weighted by Gasteiger charge is -2.14. The van der Waals surface area contributed by atoms with Gasteiger partial charge >= 0.3 is 5.56 Å². The molecule has 0 aliphatic heterocycles. The van der Waals surface area contributed by atoms with Crippen molar-refractivity contribution in [2.45, 2.75) is 25.3 Å². The highest BCUT2D eigenvalue weighted by molar-refractivity contribution is 7.15. The fourth-order valence-electron chi connectivity index (χ4n) is 4.14. The Hall–Kier alpha value is -2.70. The molecule has 4 aromatic rings. The minimum atomic E-state index is -0.173. The Kier molecular flexibility index (Phi) is 4.18. The molecule has 140 valence electrons. The summed E-state index contributed by atoms with van der Waals surface area (Å²) in [6.07, 6.45) is 5.17. The van der Waals surface area contributed by atoms with E-state index in [1.165, 1.54) is 16.9 Å². The first-order valence-corrected chi connectivity index (χ1v) is 10.3. The van der Waals surface area contributed by atoms with E-state index < -0.39 is 0 Å². The summed E-state index contributed by atoms with van der Waals surface area (Å²) < 4.78 is 3.83. The van der Waals surface area contributed by atoms with E-state index >= 15 is 0 Å². The molecule has 0 radical (unpaired) electrons. The lowest BCUT2D eigenvalue weighted by Crippen LogP contribution is -2.45. The summed E-state index contributed by atoms with van der Waals surface area (Å²) in [5, 5.41) is 11.2. The lowest BCUT2D eigenvalue weighted by molar-refractivity contribution is -0.533. The normalized spacial score (nSPS) is 15.8. The van der Waals surface area contributed by atoms with Gasteiger partial charge in [0.2, 0.25) is 0 Å². The second kappa shape index (κ2) is 6.72.